The van der Waals surface area contributed by atoms with E-state index in [1.807, 2.05) is 29.2 Å². The minimum atomic E-state index is -4.05. The van der Waals surface area contributed by atoms with Gasteiger partial charge in [-0.2, -0.15) is 0 Å². The molecule has 10 heteroatoms. The van der Waals surface area contributed by atoms with Crippen molar-refractivity contribution in [2.75, 3.05) is 24.5 Å². The van der Waals surface area contributed by atoms with Crippen molar-refractivity contribution in [3.63, 3.8) is 0 Å². The first-order valence-electron chi connectivity index (χ1n) is 11.8. The zero-order valence-electron chi connectivity index (χ0n) is 20.4. The number of sulfonamides is 1. The number of hydrogen-bond acceptors (Lipinski definition) is 5. The van der Waals surface area contributed by atoms with Crippen molar-refractivity contribution in [1.29, 1.82) is 0 Å². The minimum Gasteiger partial charge on any atom is -0.497 e. The fourth-order valence-electron chi connectivity index (χ4n) is 4.04. The molecule has 8 nitrogen and oxygen atoms in total. The maximum absolute atomic E-state index is 13.5. The first kappa shape index (κ1) is 26.5. The highest BCUT2D eigenvalue weighted by Crippen LogP contribution is 2.26. The largest absolute Gasteiger partial charge is 0.497 e. The number of likely N-dealkylation sites (tertiary alicyclic amines) is 1. The molecule has 2 amide bonds. The van der Waals surface area contributed by atoms with Crippen LogP contribution in [-0.2, 0) is 32.7 Å². The predicted molar refractivity (Wildman–Crippen MR) is 142 cm³/mol. The third-order valence-corrected chi connectivity index (χ3v) is 8.15. The lowest BCUT2D eigenvalue weighted by Gasteiger charge is -2.24. The van der Waals surface area contributed by atoms with Gasteiger partial charge >= 0.3 is 0 Å². The monoisotopic (exact) mass is 541 g/mol. The van der Waals surface area contributed by atoms with Crippen LogP contribution >= 0.6 is 11.6 Å². The van der Waals surface area contributed by atoms with Crippen molar-refractivity contribution in [1.82, 2.24) is 10.2 Å². The molecule has 37 heavy (non-hydrogen) atoms. The van der Waals surface area contributed by atoms with E-state index >= 15 is 0 Å². The number of ether oxygens (including phenoxy) is 1. The van der Waals surface area contributed by atoms with Crippen LogP contribution in [0.2, 0.25) is 5.02 Å². The Hall–Kier alpha value is -3.56. The van der Waals surface area contributed by atoms with Crippen LogP contribution in [0.3, 0.4) is 0 Å². The number of nitrogens with zero attached hydrogens (tertiary/aromatic N) is 2. The van der Waals surface area contributed by atoms with Crippen molar-refractivity contribution < 1.29 is 22.7 Å². The van der Waals surface area contributed by atoms with Crippen LogP contribution in [0.25, 0.3) is 0 Å². The molecule has 0 unspecified atom stereocenters. The maximum atomic E-state index is 13.5. The van der Waals surface area contributed by atoms with Crippen molar-refractivity contribution in [2.45, 2.75) is 30.8 Å². The molecule has 3 aromatic rings. The molecule has 0 aliphatic carbocycles. The van der Waals surface area contributed by atoms with Crippen LogP contribution in [0, 0.1) is 0 Å². The van der Waals surface area contributed by atoms with Gasteiger partial charge in [0.25, 0.3) is 10.0 Å². The highest BCUT2D eigenvalue weighted by molar-refractivity contribution is 7.92. The van der Waals surface area contributed by atoms with Crippen molar-refractivity contribution >= 4 is 39.1 Å². The summed E-state index contributed by atoms with van der Waals surface area (Å²) in [6.45, 7) is 1.18. The molecule has 0 atom stereocenters. The van der Waals surface area contributed by atoms with Crippen molar-refractivity contribution in [3.05, 3.63) is 88.9 Å². The molecule has 1 aliphatic rings. The maximum Gasteiger partial charge on any atom is 0.264 e. The zero-order chi connectivity index (χ0) is 26.4. The summed E-state index contributed by atoms with van der Waals surface area (Å²) in [5, 5.41) is 3.25. The Morgan fingerprint density at radius 2 is 1.65 bits per heavy atom. The lowest BCUT2D eigenvalue weighted by molar-refractivity contribution is -0.128. The number of amides is 2. The van der Waals surface area contributed by atoms with E-state index in [1.54, 1.807) is 36.4 Å². The average Bonchev–Trinajstić information content (AvgIpc) is 3.31. The third kappa shape index (κ3) is 6.61. The molecule has 1 aliphatic heterocycles. The molecule has 1 fully saturated rings. The van der Waals surface area contributed by atoms with Gasteiger partial charge in [0.15, 0.2) is 0 Å². The molecular formula is C27H28ClN3O5S. The van der Waals surface area contributed by atoms with Crippen LogP contribution in [-0.4, -0.2) is 45.3 Å². The molecule has 4 rings (SSSR count). The summed E-state index contributed by atoms with van der Waals surface area (Å²) in [5.74, 6) is 0.234. The van der Waals surface area contributed by atoms with Gasteiger partial charge in [-0.25, -0.2) is 8.42 Å². The highest BCUT2D eigenvalue weighted by atomic mass is 35.5. The van der Waals surface area contributed by atoms with Gasteiger partial charge in [0.05, 0.1) is 17.7 Å². The topological polar surface area (TPSA) is 96.0 Å². The highest BCUT2D eigenvalue weighted by Gasteiger charge is 2.27. The van der Waals surface area contributed by atoms with Crippen LogP contribution in [0.4, 0.5) is 5.69 Å². The van der Waals surface area contributed by atoms with Crippen LogP contribution in [0.5, 0.6) is 5.75 Å². The number of halogens is 1. The molecule has 1 N–H and O–H groups in total. The second kappa shape index (κ2) is 11.7. The van der Waals surface area contributed by atoms with E-state index in [4.69, 9.17) is 16.3 Å². The van der Waals surface area contributed by atoms with Gasteiger partial charge in [0, 0.05) is 31.1 Å². The molecule has 0 saturated carbocycles. The number of carbonyl (C=O) groups is 2. The summed E-state index contributed by atoms with van der Waals surface area (Å²) >= 11 is 5.99. The lowest BCUT2D eigenvalue weighted by Crippen LogP contribution is -2.40. The van der Waals surface area contributed by atoms with Gasteiger partial charge in [-0.1, -0.05) is 35.9 Å². The fourth-order valence-corrected chi connectivity index (χ4v) is 5.59. The Bertz CT molecular complexity index is 1340. The number of nitrogens with one attached hydrogen (secondary N) is 1. The normalized spacial score (nSPS) is 13.5. The Kier molecular flexibility index (Phi) is 8.35. The zero-order valence-corrected chi connectivity index (χ0v) is 22.0. The molecule has 194 valence electrons. The third-order valence-electron chi connectivity index (χ3n) is 6.11. The quantitative estimate of drug-likeness (QED) is 0.419. The molecule has 0 aromatic heterocycles. The average molecular weight is 542 g/mol. The van der Waals surface area contributed by atoms with Gasteiger partial charge in [-0.05, 0) is 66.1 Å². The minimum absolute atomic E-state index is 0.0307. The van der Waals surface area contributed by atoms with Crippen LogP contribution in [0.1, 0.15) is 24.0 Å². The van der Waals surface area contributed by atoms with Crippen LogP contribution < -0.4 is 14.4 Å². The van der Waals surface area contributed by atoms with Crippen LogP contribution in [0.15, 0.2) is 77.7 Å². The molecular weight excluding hydrogens is 514 g/mol. The van der Waals surface area contributed by atoms with E-state index in [2.05, 4.69) is 5.32 Å². The molecule has 3 aromatic carbocycles. The van der Waals surface area contributed by atoms with E-state index < -0.39 is 22.5 Å². The fraction of sp³-hybridized carbons (Fsp3) is 0.259. The molecule has 0 radical (unpaired) electrons. The predicted octanol–water partition coefficient (Wildman–Crippen LogP) is 3.98. The first-order chi connectivity index (χ1) is 17.8. The number of benzene rings is 3. The lowest BCUT2D eigenvalue weighted by atomic mass is 10.1. The van der Waals surface area contributed by atoms with E-state index in [9.17, 15) is 18.0 Å². The molecule has 0 bridgehead atoms. The summed E-state index contributed by atoms with van der Waals surface area (Å²) in [5.41, 5.74) is 2.20. The summed E-state index contributed by atoms with van der Waals surface area (Å²) in [6, 6.07) is 19.9. The number of carbonyl (C=O) groups excluding carboxylic acids is 2. The van der Waals surface area contributed by atoms with Crippen molar-refractivity contribution in [3.8, 4) is 5.75 Å². The second-order valence-corrected chi connectivity index (χ2v) is 11.0. The molecule has 1 saturated heterocycles. The van der Waals surface area contributed by atoms with Gasteiger partial charge in [-0.3, -0.25) is 13.9 Å². The number of rotatable bonds is 10. The Balaban J connectivity index is 1.44. The first-order valence-corrected chi connectivity index (χ1v) is 13.6. The standard InChI is InChI=1S/C27H28ClN3O5S/c1-36-24-12-14-25(15-13-24)37(34,35)31(23-10-8-22(28)9-11-23)19-26(32)29-17-20-4-6-21(7-5-20)18-30-16-2-3-27(30)33/h4-15H,2-3,16-19H2,1H3,(H,29,32). The number of hydrogen-bond donors (Lipinski definition) is 1. The van der Waals surface area contributed by atoms with E-state index in [0.29, 0.717) is 29.4 Å². The van der Waals surface area contributed by atoms with Gasteiger partial charge in [0.2, 0.25) is 11.8 Å². The SMILES string of the molecule is COc1ccc(S(=O)(=O)N(CC(=O)NCc2ccc(CN3CCCC3=O)cc2)c2ccc(Cl)cc2)cc1. The van der Waals surface area contributed by atoms with Gasteiger partial charge in [0.1, 0.15) is 12.3 Å². The number of anilines is 1. The van der Waals surface area contributed by atoms with Gasteiger partial charge < -0.3 is 15.0 Å². The van der Waals surface area contributed by atoms with E-state index in [1.165, 1.54) is 19.2 Å². The van der Waals surface area contributed by atoms with E-state index in [-0.39, 0.29) is 17.3 Å². The second-order valence-electron chi connectivity index (χ2n) is 8.68. The Morgan fingerprint density at radius 1 is 1.00 bits per heavy atom. The Labute approximate surface area is 221 Å². The summed E-state index contributed by atoms with van der Waals surface area (Å²) in [4.78, 5) is 26.6. The molecule has 0 spiro atoms. The summed E-state index contributed by atoms with van der Waals surface area (Å²) in [6.07, 6.45) is 1.50. The summed E-state index contributed by atoms with van der Waals surface area (Å²) < 4.78 is 33.1. The Morgan fingerprint density at radius 3 is 2.24 bits per heavy atom. The van der Waals surface area contributed by atoms with Gasteiger partial charge in [-0.15, -0.1) is 0 Å². The smallest absolute Gasteiger partial charge is 0.264 e. The van der Waals surface area contributed by atoms with Crippen molar-refractivity contribution in [2.24, 2.45) is 0 Å². The molecule has 1 heterocycles. The summed E-state index contributed by atoms with van der Waals surface area (Å²) in [7, 11) is -2.55. The van der Waals surface area contributed by atoms with E-state index in [0.717, 1.165) is 28.4 Å². The number of methoxy groups -OCH3 is 1.